The van der Waals surface area contributed by atoms with Gasteiger partial charge < -0.3 is 9.84 Å². The van der Waals surface area contributed by atoms with Gasteiger partial charge in [-0.15, -0.1) is 0 Å². The van der Waals surface area contributed by atoms with Crippen molar-refractivity contribution in [3.8, 4) is 5.75 Å². The number of carbonyl (C=O) groups excluding carboxylic acids is 2. The summed E-state index contributed by atoms with van der Waals surface area (Å²) in [7, 11) is 0. The number of hydrogen-bond acceptors (Lipinski definition) is 5. The lowest BCUT2D eigenvalue weighted by Gasteiger charge is -2.19. The predicted octanol–water partition coefficient (Wildman–Crippen LogP) is 4.50. The van der Waals surface area contributed by atoms with E-state index in [0.29, 0.717) is 11.3 Å². The van der Waals surface area contributed by atoms with Gasteiger partial charge in [-0.3, -0.25) is 15.3 Å². The van der Waals surface area contributed by atoms with Crippen LogP contribution in [0.4, 0.5) is 10.5 Å². The van der Waals surface area contributed by atoms with Crippen molar-refractivity contribution >= 4 is 56.2 Å². The van der Waals surface area contributed by atoms with E-state index in [0.717, 1.165) is 14.1 Å². The molecule has 0 bridgehead atoms. The average Bonchev–Trinajstić information content (AvgIpc) is 2.64. The number of nitrogens with one attached hydrogen (secondary N) is 2. The van der Waals surface area contributed by atoms with Crippen LogP contribution in [0.1, 0.15) is 18.1 Å². The lowest BCUT2D eigenvalue weighted by molar-refractivity contribution is -0.124. The number of phenols is 1. The van der Waals surface area contributed by atoms with E-state index in [1.807, 2.05) is 0 Å². The largest absolute Gasteiger partial charge is 0.508 e. The van der Waals surface area contributed by atoms with Crippen molar-refractivity contribution in [2.45, 2.75) is 12.5 Å². The molecule has 0 aliphatic rings. The molecule has 0 spiro atoms. The van der Waals surface area contributed by atoms with E-state index in [9.17, 15) is 14.7 Å². The number of amides is 2. The first-order chi connectivity index (χ1) is 12.9. The van der Waals surface area contributed by atoms with E-state index in [-0.39, 0.29) is 12.2 Å². The zero-order valence-electron chi connectivity index (χ0n) is 13.9. The third-order valence-corrected chi connectivity index (χ3v) is 4.61. The summed E-state index contributed by atoms with van der Waals surface area (Å²) in [6.45, 7) is 0. The number of anilines is 1. The highest BCUT2D eigenvalue weighted by molar-refractivity contribution is 14.1. The Hall–Kier alpha value is -2.11. The third-order valence-electron chi connectivity index (χ3n) is 3.41. The first-order valence-electron chi connectivity index (χ1n) is 7.71. The maximum absolute atomic E-state index is 12.3. The predicted molar refractivity (Wildman–Crippen MR) is 111 cm³/mol. The molecule has 4 N–H and O–H groups in total. The Morgan fingerprint density at radius 3 is 2.59 bits per heavy atom. The third kappa shape index (κ3) is 6.85. The van der Waals surface area contributed by atoms with Crippen molar-refractivity contribution in [3.63, 3.8) is 0 Å². The second-order valence-electron chi connectivity index (χ2n) is 5.34. The number of phenolic OH excluding ortho intramolecular Hbond substituents is 1. The van der Waals surface area contributed by atoms with E-state index in [1.54, 1.807) is 36.4 Å². The average molecular weight is 547 g/mol. The SMILES string of the molecule is O=C(/C=C/C[C@@H](OC(=O)Nc1ccc(Br)cc1)c1cc(I)ccc1O)NO. The number of aromatic hydroxyl groups is 1. The van der Waals surface area contributed by atoms with Crippen molar-refractivity contribution in [1.82, 2.24) is 5.48 Å². The summed E-state index contributed by atoms with van der Waals surface area (Å²) in [6.07, 6.45) is 1.11. The summed E-state index contributed by atoms with van der Waals surface area (Å²) >= 11 is 5.39. The van der Waals surface area contributed by atoms with Crippen LogP contribution in [0.5, 0.6) is 5.75 Å². The van der Waals surface area contributed by atoms with E-state index in [1.165, 1.54) is 17.6 Å². The molecule has 1 atom stereocenters. The lowest BCUT2D eigenvalue weighted by atomic mass is 10.0. The molecule has 0 heterocycles. The van der Waals surface area contributed by atoms with Crippen LogP contribution in [0.3, 0.4) is 0 Å². The Morgan fingerprint density at radius 2 is 1.93 bits per heavy atom. The quantitative estimate of drug-likeness (QED) is 0.185. The maximum Gasteiger partial charge on any atom is 0.412 e. The lowest BCUT2D eigenvalue weighted by Crippen LogP contribution is -2.18. The van der Waals surface area contributed by atoms with E-state index >= 15 is 0 Å². The first-order valence-corrected chi connectivity index (χ1v) is 9.58. The van der Waals surface area contributed by atoms with Crippen molar-refractivity contribution in [2.75, 3.05) is 5.32 Å². The Morgan fingerprint density at radius 1 is 1.22 bits per heavy atom. The molecule has 2 amide bonds. The molecule has 0 unspecified atom stereocenters. The fraction of sp³-hybridized carbons (Fsp3) is 0.111. The maximum atomic E-state index is 12.3. The summed E-state index contributed by atoms with van der Waals surface area (Å²) in [5, 5.41) is 21.3. The van der Waals surface area contributed by atoms with Gasteiger partial charge in [0, 0.05) is 31.8 Å². The van der Waals surface area contributed by atoms with Crippen LogP contribution in [0.2, 0.25) is 0 Å². The van der Waals surface area contributed by atoms with Gasteiger partial charge in [-0.2, -0.15) is 0 Å². The van der Waals surface area contributed by atoms with Crippen LogP contribution in [0.25, 0.3) is 0 Å². The number of rotatable bonds is 6. The summed E-state index contributed by atoms with van der Waals surface area (Å²) < 4.78 is 7.17. The van der Waals surface area contributed by atoms with Crippen LogP contribution in [0.15, 0.2) is 59.1 Å². The van der Waals surface area contributed by atoms with Gasteiger partial charge in [-0.1, -0.05) is 22.0 Å². The van der Waals surface area contributed by atoms with Crippen LogP contribution in [-0.4, -0.2) is 22.3 Å². The van der Waals surface area contributed by atoms with Crippen LogP contribution < -0.4 is 10.8 Å². The van der Waals surface area contributed by atoms with Gasteiger partial charge in [-0.25, -0.2) is 10.3 Å². The number of benzene rings is 2. The van der Waals surface area contributed by atoms with Crippen molar-refractivity contribution in [3.05, 3.63) is 68.2 Å². The zero-order chi connectivity index (χ0) is 19.8. The second kappa shape index (κ2) is 10.3. The van der Waals surface area contributed by atoms with E-state index in [4.69, 9.17) is 9.94 Å². The van der Waals surface area contributed by atoms with Gasteiger partial charge in [0.05, 0.1) is 0 Å². The Balaban J connectivity index is 2.16. The number of ether oxygens (including phenoxy) is 1. The minimum absolute atomic E-state index is 0.0307. The van der Waals surface area contributed by atoms with Gasteiger partial charge in [-0.05, 0) is 65.1 Å². The van der Waals surface area contributed by atoms with Crippen molar-refractivity contribution in [1.29, 1.82) is 0 Å². The normalized spacial score (nSPS) is 11.8. The molecule has 27 heavy (non-hydrogen) atoms. The molecule has 0 saturated heterocycles. The van der Waals surface area contributed by atoms with Gasteiger partial charge in [0.25, 0.3) is 5.91 Å². The number of hydrogen-bond donors (Lipinski definition) is 4. The monoisotopic (exact) mass is 546 g/mol. The summed E-state index contributed by atoms with van der Waals surface area (Å²) in [4.78, 5) is 23.4. The summed E-state index contributed by atoms with van der Waals surface area (Å²) in [5.41, 5.74) is 2.43. The van der Waals surface area contributed by atoms with Crippen LogP contribution in [-0.2, 0) is 9.53 Å². The minimum atomic E-state index is -0.835. The minimum Gasteiger partial charge on any atom is -0.508 e. The highest BCUT2D eigenvalue weighted by Gasteiger charge is 2.20. The smallest absolute Gasteiger partial charge is 0.412 e. The van der Waals surface area contributed by atoms with E-state index in [2.05, 4.69) is 43.8 Å². The number of carbonyl (C=O) groups is 2. The van der Waals surface area contributed by atoms with Gasteiger partial charge >= 0.3 is 6.09 Å². The Kier molecular flexibility index (Phi) is 8.07. The molecule has 2 aromatic carbocycles. The molecule has 142 valence electrons. The highest BCUT2D eigenvalue weighted by Crippen LogP contribution is 2.31. The first kappa shape index (κ1) is 21.2. The zero-order valence-corrected chi connectivity index (χ0v) is 17.6. The number of halogens is 2. The topological polar surface area (TPSA) is 108 Å². The molecular formula is C18H16BrIN2O5. The molecule has 0 radical (unpaired) electrons. The molecule has 0 saturated carbocycles. The summed E-state index contributed by atoms with van der Waals surface area (Å²) in [6, 6.07) is 11.9. The van der Waals surface area contributed by atoms with Crippen molar-refractivity contribution in [2.24, 2.45) is 0 Å². The fourth-order valence-corrected chi connectivity index (χ4v) is 2.95. The highest BCUT2D eigenvalue weighted by atomic mass is 127. The van der Waals surface area contributed by atoms with Crippen LogP contribution >= 0.6 is 38.5 Å². The molecular weight excluding hydrogens is 531 g/mol. The summed E-state index contributed by atoms with van der Waals surface area (Å²) in [5.74, 6) is -0.739. The van der Waals surface area contributed by atoms with Gasteiger partial charge in [0.1, 0.15) is 11.9 Å². The molecule has 0 aliphatic heterocycles. The standard InChI is InChI=1S/C18H16BrIN2O5/c19-11-4-7-13(8-5-11)21-18(25)27-16(2-1-3-17(24)22-26)14-10-12(20)6-9-15(14)23/h1,3-10,16,23,26H,2H2,(H,21,25)(H,22,24)/b3-1+/t16-/m1/s1. The van der Waals surface area contributed by atoms with Gasteiger partial charge in [0.2, 0.25) is 0 Å². The Bertz CT molecular complexity index is 842. The van der Waals surface area contributed by atoms with Gasteiger partial charge in [0.15, 0.2) is 0 Å². The molecule has 7 nitrogen and oxygen atoms in total. The fourth-order valence-electron chi connectivity index (χ4n) is 2.17. The number of hydroxylamine groups is 1. The van der Waals surface area contributed by atoms with Crippen LogP contribution in [0, 0.1) is 3.57 Å². The Labute approximate surface area is 177 Å². The second-order valence-corrected chi connectivity index (χ2v) is 7.50. The molecule has 2 rings (SSSR count). The molecule has 9 heteroatoms. The molecule has 0 aliphatic carbocycles. The molecule has 0 aromatic heterocycles. The molecule has 0 fully saturated rings. The van der Waals surface area contributed by atoms with E-state index < -0.39 is 18.1 Å². The van der Waals surface area contributed by atoms with Crippen molar-refractivity contribution < 1.29 is 24.6 Å². The molecule has 2 aromatic rings.